The molecule has 1 amide bonds. The molecule has 5 heteroatoms. The van der Waals surface area contributed by atoms with Gasteiger partial charge in [-0.1, -0.05) is 51.3 Å². The van der Waals surface area contributed by atoms with E-state index >= 15 is 0 Å². The number of halogens is 1. The number of aliphatic hydroxyl groups is 1. The van der Waals surface area contributed by atoms with Gasteiger partial charge in [-0.05, 0) is 25.3 Å². The van der Waals surface area contributed by atoms with Crippen LogP contribution in [0.2, 0.25) is 0 Å². The van der Waals surface area contributed by atoms with Gasteiger partial charge in [0.25, 0.3) is 5.91 Å². The van der Waals surface area contributed by atoms with E-state index in [-0.39, 0.29) is 17.1 Å². The van der Waals surface area contributed by atoms with Crippen molar-refractivity contribution >= 4 is 11.7 Å². The van der Waals surface area contributed by atoms with Gasteiger partial charge in [0.05, 0.1) is 11.6 Å². The average Bonchev–Trinajstić information content (AvgIpc) is 2.83. The van der Waals surface area contributed by atoms with Gasteiger partial charge in [0.2, 0.25) is 0 Å². The minimum absolute atomic E-state index is 0.0135. The molecule has 136 valence electrons. The fourth-order valence-electron chi connectivity index (χ4n) is 3.42. The van der Waals surface area contributed by atoms with E-state index in [4.69, 9.17) is 0 Å². The molecule has 0 fully saturated rings. The summed E-state index contributed by atoms with van der Waals surface area (Å²) < 4.78 is 14.4. The molecule has 0 spiro atoms. The lowest BCUT2D eigenvalue weighted by atomic mass is 9.94. The molecule has 0 aliphatic carbocycles. The summed E-state index contributed by atoms with van der Waals surface area (Å²) in [6.07, 6.45) is 3.94. The van der Waals surface area contributed by atoms with Crippen molar-refractivity contribution < 1.29 is 19.1 Å². The molecule has 1 aromatic carbocycles. The zero-order chi connectivity index (χ0) is 18.6. The molecule has 1 N–H and O–H groups in total. The predicted molar refractivity (Wildman–Crippen MR) is 94.5 cm³/mol. The van der Waals surface area contributed by atoms with Crippen LogP contribution in [0.1, 0.15) is 58.1 Å². The molecule has 0 bridgehead atoms. The van der Waals surface area contributed by atoms with Crippen molar-refractivity contribution in [3.63, 3.8) is 0 Å². The summed E-state index contributed by atoms with van der Waals surface area (Å²) in [6, 6.07) is 5.24. The van der Waals surface area contributed by atoms with E-state index in [0.717, 1.165) is 25.7 Å². The summed E-state index contributed by atoms with van der Waals surface area (Å²) in [5.74, 6) is -1.79. The van der Waals surface area contributed by atoms with Gasteiger partial charge in [-0.25, -0.2) is 4.39 Å². The van der Waals surface area contributed by atoms with E-state index in [2.05, 4.69) is 13.8 Å². The number of nitrogens with zero attached hydrogens (tertiary/aromatic N) is 1. The van der Waals surface area contributed by atoms with Crippen molar-refractivity contribution in [2.75, 3.05) is 6.54 Å². The Morgan fingerprint density at radius 2 is 2.00 bits per heavy atom. The highest BCUT2D eigenvalue weighted by Crippen LogP contribution is 2.39. The molecule has 2 rings (SSSR count). The molecule has 0 aromatic heterocycles. The number of benzene rings is 1. The molecule has 2 atom stereocenters. The van der Waals surface area contributed by atoms with Crippen molar-refractivity contribution in [3.05, 3.63) is 47.0 Å². The van der Waals surface area contributed by atoms with Gasteiger partial charge in [0, 0.05) is 12.1 Å². The van der Waals surface area contributed by atoms with Crippen LogP contribution < -0.4 is 0 Å². The van der Waals surface area contributed by atoms with Gasteiger partial charge in [-0.2, -0.15) is 0 Å². The highest BCUT2D eigenvalue weighted by atomic mass is 19.1. The molecule has 1 aliphatic rings. The molecule has 1 aliphatic heterocycles. The summed E-state index contributed by atoms with van der Waals surface area (Å²) in [5.41, 5.74) is 0.232. The van der Waals surface area contributed by atoms with Crippen molar-refractivity contribution in [3.8, 4) is 0 Å². The van der Waals surface area contributed by atoms with Crippen molar-refractivity contribution in [2.24, 2.45) is 5.92 Å². The van der Waals surface area contributed by atoms with Gasteiger partial charge in [0.1, 0.15) is 5.82 Å². The molecular formula is C20H26FNO3. The van der Waals surface area contributed by atoms with E-state index < -0.39 is 29.3 Å². The summed E-state index contributed by atoms with van der Waals surface area (Å²) in [7, 11) is 0. The molecule has 25 heavy (non-hydrogen) atoms. The second kappa shape index (κ2) is 8.28. The average molecular weight is 347 g/mol. The van der Waals surface area contributed by atoms with E-state index in [9.17, 15) is 19.1 Å². The van der Waals surface area contributed by atoms with Crippen LogP contribution in [-0.4, -0.2) is 28.2 Å². The maximum absolute atomic E-state index is 14.4. The molecular weight excluding hydrogens is 321 g/mol. The first-order chi connectivity index (χ1) is 11.9. The van der Waals surface area contributed by atoms with E-state index in [1.165, 1.54) is 17.9 Å². The smallest absolute Gasteiger partial charge is 0.290 e. The molecule has 0 saturated carbocycles. The lowest BCUT2D eigenvalue weighted by Crippen LogP contribution is -2.35. The number of carbonyl (C=O) groups is 2. The number of aliphatic hydroxyl groups excluding tert-OH is 1. The van der Waals surface area contributed by atoms with Crippen LogP contribution in [0, 0.1) is 11.7 Å². The van der Waals surface area contributed by atoms with Crippen LogP contribution in [0.3, 0.4) is 0 Å². The first-order valence-corrected chi connectivity index (χ1v) is 8.91. The van der Waals surface area contributed by atoms with Crippen molar-refractivity contribution in [2.45, 2.75) is 52.5 Å². The third-order valence-electron chi connectivity index (χ3n) is 4.88. The lowest BCUT2D eigenvalue weighted by molar-refractivity contribution is -0.130. The first-order valence-electron chi connectivity index (χ1n) is 8.91. The predicted octanol–water partition coefficient (Wildman–Crippen LogP) is 4.33. The van der Waals surface area contributed by atoms with Crippen LogP contribution in [0.15, 0.2) is 35.6 Å². The van der Waals surface area contributed by atoms with Gasteiger partial charge in [-0.3, -0.25) is 9.59 Å². The fraction of sp³-hybridized carbons (Fsp3) is 0.500. The second-order valence-electron chi connectivity index (χ2n) is 6.62. The maximum Gasteiger partial charge on any atom is 0.290 e. The Labute approximate surface area is 148 Å². The number of amides is 1. The van der Waals surface area contributed by atoms with Gasteiger partial charge in [-0.15, -0.1) is 0 Å². The number of carbonyl (C=O) groups excluding carboxylic acids is 2. The van der Waals surface area contributed by atoms with Crippen molar-refractivity contribution in [1.82, 2.24) is 4.90 Å². The highest BCUT2D eigenvalue weighted by Gasteiger charge is 2.43. The summed E-state index contributed by atoms with van der Waals surface area (Å²) >= 11 is 0. The SMILES string of the molecule is CCCC[C@@H](CC)CN1C(=O)C(O)=C(C(C)=O)[C@@H]1c1ccccc1F. The minimum atomic E-state index is -0.859. The minimum Gasteiger partial charge on any atom is -0.503 e. The molecule has 1 aromatic rings. The van der Waals surface area contributed by atoms with E-state index in [1.54, 1.807) is 18.2 Å². The summed E-state index contributed by atoms with van der Waals surface area (Å²) in [5, 5.41) is 10.2. The number of rotatable bonds is 8. The quantitative estimate of drug-likeness (QED) is 0.761. The number of unbranched alkanes of at least 4 members (excludes halogenated alkanes) is 1. The van der Waals surface area contributed by atoms with Crippen LogP contribution in [-0.2, 0) is 9.59 Å². The summed E-state index contributed by atoms with van der Waals surface area (Å²) in [4.78, 5) is 26.1. The Kier molecular flexibility index (Phi) is 6.34. The zero-order valence-corrected chi connectivity index (χ0v) is 15.1. The number of hydrogen-bond donors (Lipinski definition) is 1. The highest BCUT2D eigenvalue weighted by molar-refractivity contribution is 6.08. The monoisotopic (exact) mass is 347 g/mol. The number of ketones is 1. The molecule has 0 saturated heterocycles. The largest absolute Gasteiger partial charge is 0.503 e. The molecule has 0 unspecified atom stereocenters. The number of hydrogen-bond acceptors (Lipinski definition) is 3. The lowest BCUT2D eigenvalue weighted by Gasteiger charge is -2.30. The second-order valence-corrected chi connectivity index (χ2v) is 6.62. The first kappa shape index (κ1) is 19.2. The Balaban J connectivity index is 2.42. The Hall–Kier alpha value is -2.17. The zero-order valence-electron chi connectivity index (χ0n) is 15.1. The Morgan fingerprint density at radius 1 is 1.32 bits per heavy atom. The van der Waals surface area contributed by atoms with Crippen molar-refractivity contribution in [1.29, 1.82) is 0 Å². The fourth-order valence-corrected chi connectivity index (χ4v) is 3.42. The topological polar surface area (TPSA) is 57.6 Å². The standard InChI is InChI=1S/C20H26FNO3/c1-4-6-9-14(5-2)12-22-18(15-10-7-8-11-16(15)21)17(13(3)23)19(24)20(22)25/h7-8,10-11,14,18,24H,4-6,9,12H2,1-3H3/t14-,18+/m1/s1. The van der Waals surface area contributed by atoms with Gasteiger partial charge >= 0.3 is 0 Å². The molecule has 0 radical (unpaired) electrons. The van der Waals surface area contributed by atoms with Gasteiger partial charge in [0.15, 0.2) is 11.5 Å². The van der Waals surface area contributed by atoms with Gasteiger partial charge < -0.3 is 10.0 Å². The normalized spacial score (nSPS) is 18.8. The van der Waals surface area contributed by atoms with E-state index in [1.807, 2.05) is 0 Å². The van der Waals surface area contributed by atoms with Crippen LogP contribution >= 0.6 is 0 Å². The van der Waals surface area contributed by atoms with Crippen LogP contribution in [0.5, 0.6) is 0 Å². The molecule has 4 nitrogen and oxygen atoms in total. The number of Topliss-reactive ketones (excluding diaryl/α,β-unsaturated/α-hetero) is 1. The maximum atomic E-state index is 14.4. The Bertz CT molecular complexity index is 683. The molecule has 1 heterocycles. The van der Waals surface area contributed by atoms with Crippen LogP contribution in [0.4, 0.5) is 4.39 Å². The third-order valence-corrected chi connectivity index (χ3v) is 4.88. The van der Waals surface area contributed by atoms with Crippen LogP contribution in [0.25, 0.3) is 0 Å². The van der Waals surface area contributed by atoms with E-state index in [0.29, 0.717) is 6.54 Å². The summed E-state index contributed by atoms with van der Waals surface area (Å²) in [6.45, 7) is 5.86. The third kappa shape index (κ3) is 3.91. The Morgan fingerprint density at radius 3 is 2.56 bits per heavy atom.